The fourth-order valence-corrected chi connectivity index (χ4v) is 5.52. The summed E-state index contributed by atoms with van der Waals surface area (Å²) in [4.78, 5) is 23.2. The minimum Gasteiger partial charge on any atom is -0.352 e. The van der Waals surface area contributed by atoms with Crippen molar-refractivity contribution in [2.45, 2.75) is 47.1 Å². The van der Waals surface area contributed by atoms with Crippen molar-refractivity contribution in [2.75, 3.05) is 31.3 Å². The summed E-state index contributed by atoms with van der Waals surface area (Å²) in [5, 5.41) is 11.3. The summed E-state index contributed by atoms with van der Waals surface area (Å²) in [6.07, 6.45) is 12.8. The van der Waals surface area contributed by atoms with Gasteiger partial charge in [-0.1, -0.05) is 26.8 Å². The molecule has 4 heterocycles. The summed E-state index contributed by atoms with van der Waals surface area (Å²) in [7, 11) is 3.95. The number of hydrazone groups is 1. The van der Waals surface area contributed by atoms with Crippen LogP contribution >= 0.6 is 0 Å². The van der Waals surface area contributed by atoms with E-state index < -0.39 is 0 Å². The third-order valence-electron chi connectivity index (χ3n) is 7.76. The second kappa shape index (κ2) is 13.3. The number of allylic oxidation sites excluding steroid dienone is 5. The number of hydrogen-bond acceptors (Lipinski definition) is 7. The van der Waals surface area contributed by atoms with Gasteiger partial charge >= 0.3 is 0 Å². The van der Waals surface area contributed by atoms with Crippen LogP contribution in [0.15, 0.2) is 83.1 Å². The lowest BCUT2D eigenvalue weighted by molar-refractivity contribution is -0.118. The van der Waals surface area contributed by atoms with Gasteiger partial charge in [0.05, 0.1) is 36.0 Å². The number of halogens is 1. The van der Waals surface area contributed by atoms with Gasteiger partial charge in [0.1, 0.15) is 11.5 Å². The normalized spacial score (nSPS) is 15.8. The van der Waals surface area contributed by atoms with E-state index in [0.29, 0.717) is 25.2 Å². The molecule has 8 nitrogen and oxygen atoms in total. The molecule has 0 bridgehead atoms. The largest absolute Gasteiger partial charge is 0.352 e. The molecule has 228 valence electrons. The first-order valence-corrected chi connectivity index (χ1v) is 15.0. The van der Waals surface area contributed by atoms with Crippen LogP contribution in [0.4, 0.5) is 15.8 Å². The highest BCUT2D eigenvalue weighted by molar-refractivity contribution is 6.17. The van der Waals surface area contributed by atoms with Gasteiger partial charge in [-0.25, -0.2) is 4.39 Å². The number of carbonyl (C=O) groups excluding carboxylic acids is 1. The van der Waals surface area contributed by atoms with E-state index in [-0.39, 0.29) is 17.6 Å². The Morgan fingerprint density at radius 3 is 2.64 bits per heavy atom. The zero-order valence-corrected chi connectivity index (χ0v) is 26.3. The van der Waals surface area contributed by atoms with E-state index in [1.807, 2.05) is 70.4 Å². The molecule has 1 amide bonds. The summed E-state index contributed by atoms with van der Waals surface area (Å²) in [6.45, 7) is 9.08. The average molecular weight is 594 g/mol. The molecule has 0 saturated carbocycles. The number of nitrogens with zero attached hydrogens (tertiary/aromatic N) is 4. The van der Waals surface area contributed by atoms with Gasteiger partial charge in [-0.3, -0.25) is 14.8 Å². The van der Waals surface area contributed by atoms with Crippen molar-refractivity contribution < 1.29 is 9.18 Å². The van der Waals surface area contributed by atoms with Gasteiger partial charge in [0.15, 0.2) is 0 Å². The van der Waals surface area contributed by atoms with Crippen molar-refractivity contribution >= 4 is 28.6 Å². The van der Waals surface area contributed by atoms with E-state index in [0.717, 1.165) is 62.5 Å². The maximum absolute atomic E-state index is 14.7. The Hall–Kier alpha value is -4.63. The van der Waals surface area contributed by atoms with Gasteiger partial charge < -0.3 is 21.0 Å². The number of benzene rings is 1. The first-order chi connectivity index (χ1) is 21.2. The molecule has 5 rings (SSSR count). The minimum absolute atomic E-state index is 0.0505. The van der Waals surface area contributed by atoms with Crippen molar-refractivity contribution in [3.05, 3.63) is 101 Å². The lowest BCUT2D eigenvalue weighted by atomic mass is 9.88. The Balaban J connectivity index is 1.46. The Labute approximate surface area is 258 Å². The van der Waals surface area contributed by atoms with E-state index in [1.165, 1.54) is 5.57 Å². The first kappa shape index (κ1) is 30.8. The fraction of sp³-hybridized carbons (Fsp3) is 0.314. The van der Waals surface area contributed by atoms with Gasteiger partial charge in [0.2, 0.25) is 5.91 Å². The van der Waals surface area contributed by atoms with Crippen LogP contribution in [-0.4, -0.2) is 47.1 Å². The van der Waals surface area contributed by atoms with Crippen LogP contribution in [0.2, 0.25) is 0 Å². The predicted octanol–water partition coefficient (Wildman–Crippen LogP) is 6.56. The molecule has 0 radical (unpaired) electrons. The number of fused-ring (bicyclic) bond motifs is 1. The van der Waals surface area contributed by atoms with Gasteiger partial charge in [0.25, 0.3) is 0 Å². The number of anilines is 2. The maximum atomic E-state index is 14.7. The van der Waals surface area contributed by atoms with E-state index in [1.54, 1.807) is 24.5 Å². The van der Waals surface area contributed by atoms with Gasteiger partial charge in [0, 0.05) is 41.6 Å². The topological polar surface area (TPSA) is 94.5 Å². The van der Waals surface area contributed by atoms with Crippen LogP contribution in [0.25, 0.3) is 16.7 Å². The van der Waals surface area contributed by atoms with Crippen LogP contribution in [0, 0.1) is 11.7 Å². The van der Waals surface area contributed by atoms with E-state index in [2.05, 4.69) is 39.0 Å². The number of hydrogen-bond donors (Lipinski definition) is 3. The van der Waals surface area contributed by atoms with Crippen molar-refractivity contribution in [2.24, 2.45) is 11.0 Å². The summed E-state index contributed by atoms with van der Waals surface area (Å²) in [6, 6.07) is 7.16. The van der Waals surface area contributed by atoms with Crippen LogP contribution in [0.1, 0.15) is 50.8 Å². The van der Waals surface area contributed by atoms with Crippen molar-refractivity contribution in [1.82, 2.24) is 20.3 Å². The number of rotatable bonds is 9. The molecule has 0 fully saturated rings. The number of carbonyl (C=O) groups is 1. The van der Waals surface area contributed by atoms with Crippen LogP contribution in [0.3, 0.4) is 0 Å². The summed E-state index contributed by atoms with van der Waals surface area (Å²) < 4.78 is 14.7. The molecule has 3 aromatic rings. The molecule has 0 aliphatic carbocycles. The molecule has 1 aromatic carbocycles. The third kappa shape index (κ3) is 6.78. The minimum atomic E-state index is -0.253. The highest BCUT2D eigenvalue weighted by Gasteiger charge is 2.27. The second-order valence-electron chi connectivity index (χ2n) is 11.7. The number of nitrogens with one attached hydrogen (secondary N) is 3. The number of aromatic nitrogens is 2. The zero-order chi connectivity index (χ0) is 31.4. The highest BCUT2D eigenvalue weighted by atomic mass is 19.1. The third-order valence-corrected chi connectivity index (χ3v) is 7.76. The van der Waals surface area contributed by atoms with E-state index >= 15 is 0 Å². The summed E-state index contributed by atoms with van der Waals surface area (Å²) in [5.41, 5.74) is 14.4. The lowest BCUT2D eigenvalue weighted by Crippen LogP contribution is -2.21. The SMILES string of the molecule is C/C=C(\C=C1/CNN=C1C1=C(CC)Cc2c(cncc2-c2cc(F)cc(CN(C)C)c2)N1)c1cncc(NC(=O)C(C)C)c1. The molecular weight excluding hydrogens is 553 g/mol. The van der Waals surface area contributed by atoms with Crippen molar-refractivity contribution in [3.8, 4) is 11.1 Å². The molecule has 2 aliphatic heterocycles. The highest BCUT2D eigenvalue weighted by Crippen LogP contribution is 2.38. The monoisotopic (exact) mass is 593 g/mol. The molecule has 0 atom stereocenters. The Bertz CT molecular complexity index is 1700. The Kier molecular flexibility index (Phi) is 9.35. The first-order valence-electron chi connectivity index (χ1n) is 15.0. The molecule has 44 heavy (non-hydrogen) atoms. The van der Waals surface area contributed by atoms with Crippen LogP contribution < -0.4 is 16.1 Å². The summed E-state index contributed by atoms with van der Waals surface area (Å²) >= 11 is 0. The van der Waals surface area contributed by atoms with Crippen molar-refractivity contribution in [3.63, 3.8) is 0 Å². The molecule has 9 heteroatoms. The van der Waals surface area contributed by atoms with E-state index in [4.69, 9.17) is 5.10 Å². The fourth-order valence-electron chi connectivity index (χ4n) is 5.52. The molecule has 0 unspecified atom stereocenters. The quantitative estimate of drug-likeness (QED) is 0.260. The molecule has 2 aromatic heterocycles. The smallest absolute Gasteiger partial charge is 0.226 e. The number of pyridine rings is 2. The maximum Gasteiger partial charge on any atom is 0.226 e. The predicted molar refractivity (Wildman–Crippen MR) is 177 cm³/mol. The van der Waals surface area contributed by atoms with Gasteiger partial charge in [-0.15, -0.1) is 0 Å². The standard InChI is InChI=1S/C35H40FN7O/c1-7-23(26-13-29(17-37-15-26)40-35(44)21(3)4)11-27-16-39-42-34(27)33-24(8-2)14-30-31(18-38-19-32(30)41-33)25-9-22(20-43(5)6)10-28(36)12-25/h7,9-13,15,17-19,21,39,41H,8,14,16,20H2,1-6H3,(H,40,44)/b23-7+,27-11+. The molecule has 2 aliphatic rings. The van der Waals surface area contributed by atoms with Gasteiger partial charge in [-0.2, -0.15) is 5.10 Å². The lowest BCUT2D eigenvalue weighted by Gasteiger charge is -2.26. The van der Waals surface area contributed by atoms with Crippen molar-refractivity contribution in [1.29, 1.82) is 0 Å². The summed E-state index contributed by atoms with van der Waals surface area (Å²) in [5.74, 6) is -0.428. The molecule has 0 spiro atoms. The van der Waals surface area contributed by atoms with E-state index in [9.17, 15) is 9.18 Å². The number of amides is 1. The molecule has 0 saturated heterocycles. The second-order valence-corrected chi connectivity index (χ2v) is 11.7. The van der Waals surface area contributed by atoms with Gasteiger partial charge in [-0.05, 0) is 92.0 Å². The zero-order valence-electron chi connectivity index (χ0n) is 26.3. The average Bonchev–Trinajstić information content (AvgIpc) is 3.46. The van der Waals surface area contributed by atoms with Crippen LogP contribution in [0.5, 0.6) is 0 Å². The van der Waals surface area contributed by atoms with Crippen LogP contribution in [-0.2, 0) is 17.8 Å². The Morgan fingerprint density at radius 2 is 1.91 bits per heavy atom. The Morgan fingerprint density at radius 1 is 1.11 bits per heavy atom. The molecule has 3 N–H and O–H groups in total. The molecular formula is C35H40FN7O.